The topological polar surface area (TPSA) is 38.3 Å². The lowest BCUT2D eigenvalue weighted by Gasteiger charge is -2.14. The number of ether oxygens (including phenoxy) is 1. The maximum atomic E-state index is 12.9. The van der Waals surface area contributed by atoms with Crippen LogP contribution in [-0.2, 0) is 23.9 Å². The van der Waals surface area contributed by atoms with Gasteiger partial charge in [-0.25, -0.2) is 4.79 Å². The Bertz CT molecular complexity index is 751. The third-order valence-corrected chi connectivity index (χ3v) is 4.42. The Labute approximate surface area is 165 Å². The number of hydrogen-bond donors (Lipinski definition) is 1. The van der Waals surface area contributed by atoms with Crippen molar-refractivity contribution >= 4 is 22.0 Å². The number of alkyl carbamates (subject to hydrolysis) is 1. The molecular weight excluding hydrogens is 423 g/mol. The van der Waals surface area contributed by atoms with Gasteiger partial charge in [-0.15, -0.1) is 0 Å². The number of carbonyl (C=O) groups excluding carboxylic acids is 1. The molecule has 0 aromatic heterocycles. The molecule has 7 heteroatoms. The summed E-state index contributed by atoms with van der Waals surface area (Å²) < 4.78 is 44.1. The van der Waals surface area contributed by atoms with Crippen LogP contribution in [0.3, 0.4) is 0 Å². The fourth-order valence-corrected chi connectivity index (χ4v) is 3.15. The quantitative estimate of drug-likeness (QED) is 0.560. The number of carbonyl (C=O) groups is 1. The second kappa shape index (κ2) is 9.78. The van der Waals surface area contributed by atoms with Crippen molar-refractivity contribution in [2.45, 2.75) is 45.0 Å². The molecular formula is C20H21BrF3NO2. The number of amides is 1. The molecule has 0 heterocycles. The zero-order chi connectivity index (χ0) is 19.9. The van der Waals surface area contributed by atoms with E-state index in [0.29, 0.717) is 29.3 Å². The Morgan fingerprint density at radius 2 is 1.85 bits per heavy atom. The van der Waals surface area contributed by atoms with E-state index in [2.05, 4.69) is 21.2 Å². The van der Waals surface area contributed by atoms with Crippen LogP contribution in [0.4, 0.5) is 18.0 Å². The first kappa shape index (κ1) is 21.3. The Kier molecular flexibility index (Phi) is 7.71. The summed E-state index contributed by atoms with van der Waals surface area (Å²) in [5.74, 6) is 0. The summed E-state index contributed by atoms with van der Waals surface area (Å²) in [6.45, 7) is 2.03. The minimum Gasteiger partial charge on any atom is -0.445 e. The molecule has 0 aliphatic heterocycles. The number of halogens is 4. The monoisotopic (exact) mass is 443 g/mol. The summed E-state index contributed by atoms with van der Waals surface area (Å²) in [4.78, 5) is 11.8. The molecule has 146 valence electrons. The van der Waals surface area contributed by atoms with Gasteiger partial charge in [-0.05, 0) is 55.5 Å². The van der Waals surface area contributed by atoms with Gasteiger partial charge in [0.1, 0.15) is 6.61 Å². The molecule has 1 amide bonds. The number of nitrogens with one attached hydrogen (secondary N) is 1. The SMILES string of the molecule is CC(CCCc1cc(Br)cc(C(F)(F)F)c1)NC(=O)OCc1ccccc1. The van der Waals surface area contributed by atoms with Crippen molar-refractivity contribution in [1.29, 1.82) is 0 Å². The first-order valence-electron chi connectivity index (χ1n) is 8.58. The predicted octanol–water partition coefficient (Wildman–Crippen LogP) is 6.11. The molecule has 0 saturated heterocycles. The highest BCUT2D eigenvalue weighted by atomic mass is 79.9. The van der Waals surface area contributed by atoms with Crippen LogP contribution >= 0.6 is 15.9 Å². The van der Waals surface area contributed by atoms with Gasteiger partial charge in [0.2, 0.25) is 0 Å². The number of hydrogen-bond acceptors (Lipinski definition) is 2. The van der Waals surface area contributed by atoms with E-state index in [0.717, 1.165) is 17.7 Å². The fourth-order valence-electron chi connectivity index (χ4n) is 2.61. The lowest BCUT2D eigenvalue weighted by Crippen LogP contribution is -2.33. The van der Waals surface area contributed by atoms with Crippen molar-refractivity contribution in [3.63, 3.8) is 0 Å². The predicted molar refractivity (Wildman–Crippen MR) is 101 cm³/mol. The Morgan fingerprint density at radius 1 is 1.15 bits per heavy atom. The van der Waals surface area contributed by atoms with Gasteiger partial charge in [0.25, 0.3) is 0 Å². The maximum Gasteiger partial charge on any atom is 0.416 e. The van der Waals surface area contributed by atoms with Crippen molar-refractivity contribution in [2.24, 2.45) is 0 Å². The highest BCUT2D eigenvalue weighted by molar-refractivity contribution is 9.10. The van der Waals surface area contributed by atoms with Crippen molar-refractivity contribution in [1.82, 2.24) is 5.32 Å². The van der Waals surface area contributed by atoms with E-state index < -0.39 is 17.8 Å². The van der Waals surface area contributed by atoms with Gasteiger partial charge < -0.3 is 10.1 Å². The normalized spacial score (nSPS) is 12.5. The Balaban J connectivity index is 1.75. The minimum absolute atomic E-state index is 0.137. The summed E-state index contributed by atoms with van der Waals surface area (Å²) in [5.41, 5.74) is 0.841. The molecule has 2 aromatic carbocycles. The first-order chi connectivity index (χ1) is 12.7. The first-order valence-corrected chi connectivity index (χ1v) is 9.37. The van der Waals surface area contributed by atoms with Crippen molar-refractivity contribution < 1.29 is 22.7 Å². The van der Waals surface area contributed by atoms with Crippen LogP contribution in [0.5, 0.6) is 0 Å². The van der Waals surface area contributed by atoms with Gasteiger partial charge in [-0.2, -0.15) is 13.2 Å². The molecule has 1 atom stereocenters. The molecule has 0 fully saturated rings. The summed E-state index contributed by atoms with van der Waals surface area (Å²) >= 11 is 3.12. The second-order valence-electron chi connectivity index (χ2n) is 6.35. The summed E-state index contributed by atoms with van der Waals surface area (Å²) in [7, 11) is 0. The molecule has 0 radical (unpaired) electrons. The van der Waals surface area contributed by atoms with Gasteiger partial charge in [0.15, 0.2) is 0 Å². The standard InChI is InChI=1S/C20H21BrF3NO2/c1-14(25-19(26)27-13-15-7-3-2-4-8-15)6-5-9-16-10-17(20(22,23)24)12-18(21)11-16/h2-4,7-8,10-12,14H,5-6,9,13H2,1H3,(H,25,26). The fraction of sp³-hybridized carbons (Fsp3) is 0.350. The summed E-state index contributed by atoms with van der Waals surface area (Å²) in [6.07, 6.45) is -3.10. The number of alkyl halides is 3. The maximum absolute atomic E-state index is 12.9. The molecule has 0 aliphatic carbocycles. The molecule has 1 N–H and O–H groups in total. The van der Waals surface area contributed by atoms with Gasteiger partial charge in [0.05, 0.1) is 5.56 Å². The summed E-state index contributed by atoms with van der Waals surface area (Å²) in [6, 6.07) is 13.1. The van der Waals surface area contributed by atoms with E-state index in [1.54, 1.807) is 6.07 Å². The van der Waals surface area contributed by atoms with Gasteiger partial charge in [0, 0.05) is 10.5 Å². The van der Waals surface area contributed by atoms with E-state index in [1.165, 1.54) is 0 Å². The molecule has 0 saturated carbocycles. The van der Waals surface area contributed by atoms with Crippen LogP contribution < -0.4 is 5.32 Å². The molecule has 0 aliphatic rings. The molecule has 1 unspecified atom stereocenters. The molecule has 2 aromatic rings. The van der Waals surface area contributed by atoms with Gasteiger partial charge >= 0.3 is 12.3 Å². The largest absolute Gasteiger partial charge is 0.445 e. The molecule has 2 rings (SSSR count). The third-order valence-electron chi connectivity index (χ3n) is 3.96. The second-order valence-corrected chi connectivity index (χ2v) is 7.26. The third kappa shape index (κ3) is 7.62. The minimum atomic E-state index is -4.37. The van der Waals surface area contributed by atoms with E-state index in [-0.39, 0.29) is 12.6 Å². The molecule has 0 spiro atoms. The van der Waals surface area contributed by atoms with Gasteiger partial charge in [-0.1, -0.05) is 46.3 Å². The Hall–Kier alpha value is -2.02. The van der Waals surface area contributed by atoms with Gasteiger partial charge in [-0.3, -0.25) is 0 Å². The molecule has 0 bridgehead atoms. The van der Waals surface area contributed by atoms with Crippen molar-refractivity contribution in [3.8, 4) is 0 Å². The van der Waals surface area contributed by atoms with Crippen LogP contribution in [0.1, 0.15) is 36.5 Å². The lowest BCUT2D eigenvalue weighted by molar-refractivity contribution is -0.137. The summed E-state index contributed by atoms with van der Waals surface area (Å²) in [5, 5.41) is 2.73. The van der Waals surface area contributed by atoms with E-state index >= 15 is 0 Å². The number of rotatable bonds is 7. The molecule has 27 heavy (non-hydrogen) atoms. The Morgan fingerprint density at radius 3 is 2.52 bits per heavy atom. The average Bonchev–Trinajstić information content (AvgIpc) is 2.59. The van der Waals surface area contributed by atoms with Crippen LogP contribution in [-0.4, -0.2) is 12.1 Å². The zero-order valence-corrected chi connectivity index (χ0v) is 16.4. The smallest absolute Gasteiger partial charge is 0.416 e. The van der Waals surface area contributed by atoms with Crippen molar-refractivity contribution in [2.75, 3.05) is 0 Å². The number of benzene rings is 2. The molecule has 3 nitrogen and oxygen atoms in total. The number of aryl methyl sites for hydroxylation is 1. The highest BCUT2D eigenvalue weighted by Crippen LogP contribution is 2.32. The van der Waals surface area contributed by atoms with E-state index in [4.69, 9.17) is 4.74 Å². The lowest BCUT2D eigenvalue weighted by atomic mass is 10.0. The van der Waals surface area contributed by atoms with Crippen LogP contribution in [0, 0.1) is 0 Å². The zero-order valence-electron chi connectivity index (χ0n) is 14.9. The van der Waals surface area contributed by atoms with Crippen molar-refractivity contribution in [3.05, 3.63) is 69.7 Å². The van der Waals surface area contributed by atoms with E-state index in [9.17, 15) is 18.0 Å². The van der Waals surface area contributed by atoms with E-state index in [1.807, 2.05) is 37.3 Å². The van der Waals surface area contributed by atoms with Crippen LogP contribution in [0.25, 0.3) is 0 Å². The van der Waals surface area contributed by atoms with Crippen LogP contribution in [0.2, 0.25) is 0 Å². The highest BCUT2D eigenvalue weighted by Gasteiger charge is 2.30. The van der Waals surface area contributed by atoms with Crippen LogP contribution in [0.15, 0.2) is 53.0 Å². The average molecular weight is 444 g/mol.